The largest absolute Gasteiger partial charge is 0.539 e. The number of hydrogen-bond acceptors (Lipinski definition) is 4. The van der Waals surface area contributed by atoms with Crippen LogP contribution in [0.15, 0.2) is 29.2 Å². The lowest BCUT2D eigenvalue weighted by Gasteiger charge is -1.89. The first-order valence-corrected chi connectivity index (χ1v) is 3.81. The van der Waals surface area contributed by atoms with Crippen LogP contribution in [-0.4, -0.2) is 10.3 Å². The van der Waals surface area contributed by atoms with Gasteiger partial charge in [-0.1, -0.05) is 11.6 Å². The van der Waals surface area contributed by atoms with E-state index < -0.39 is 5.95 Å². The van der Waals surface area contributed by atoms with Crippen molar-refractivity contribution in [2.45, 2.75) is 0 Å². The SMILES string of the molecule is [O-]c1c[n+](-c2cnccc2Cl)no1. The third-order valence-corrected chi connectivity index (χ3v) is 1.76. The zero-order valence-electron chi connectivity index (χ0n) is 6.35. The molecule has 0 aliphatic rings. The zero-order valence-corrected chi connectivity index (χ0v) is 7.10. The Bertz CT molecular complexity index is 429. The van der Waals surface area contributed by atoms with Crippen LogP contribution >= 0.6 is 11.6 Å². The molecule has 0 radical (unpaired) electrons. The lowest BCUT2D eigenvalue weighted by Crippen LogP contribution is -2.31. The number of nitrogens with zero attached hydrogens (tertiary/aromatic N) is 3. The Labute approximate surface area is 78.2 Å². The monoisotopic (exact) mass is 197 g/mol. The van der Waals surface area contributed by atoms with E-state index in [0.29, 0.717) is 10.7 Å². The molecule has 0 N–H and O–H groups in total. The Morgan fingerprint density at radius 2 is 2.38 bits per heavy atom. The van der Waals surface area contributed by atoms with Crippen molar-refractivity contribution in [3.63, 3.8) is 0 Å². The summed E-state index contributed by atoms with van der Waals surface area (Å²) in [5, 5.41) is 14.6. The molecule has 0 aromatic carbocycles. The van der Waals surface area contributed by atoms with Gasteiger partial charge in [-0.25, -0.2) is 0 Å². The molecule has 0 fully saturated rings. The number of pyridine rings is 1. The molecule has 0 saturated heterocycles. The third-order valence-electron chi connectivity index (χ3n) is 1.44. The van der Waals surface area contributed by atoms with Crippen LogP contribution in [0.2, 0.25) is 5.02 Å². The fourth-order valence-corrected chi connectivity index (χ4v) is 1.07. The molecule has 0 bridgehead atoms. The predicted molar refractivity (Wildman–Crippen MR) is 40.3 cm³/mol. The fraction of sp³-hybridized carbons (Fsp3) is 0. The van der Waals surface area contributed by atoms with Crippen molar-refractivity contribution in [2.24, 2.45) is 0 Å². The topological polar surface area (TPSA) is 65.9 Å². The van der Waals surface area contributed by atoms with Gasteiger partial charge in [-0.3, -0.25) is 4.98 Å². The molecule has 13 heavy (non-hydrogen) atoms. The number of aromatic nitrogens is 3. The Kier molecular flexibility index (Phi) is 1.86. The van der Waals surface area contributed by atoms with Gasteiger partial charge in [0.25, 0.3) is 5.69 Å². The Balaban J connectivity index is 2.52. The lowest BCUT2D eigenvalue weighted by atomic mass is 10.4. The van der Waals surface area contributed by atoms with Crippen LogP contribution in [0.1, 0.15) is 0 Å². The van der Waals surface area contributed by atoms with Crippen LogP contribution in [-0.2, 0) is 0 Å². The predicted octanol–water partition coefficient (Wildman–Crippen LogP) is 0.0733. The Hall–Kier alpha value is -1.62. The first-order chi connectivity index (χ1) is 6.27. The van der Waals surface area contributed by atoms with E-state index in [9.17, 15) is 5.11 Å². The molecule has 0 aliphatic carbocycles. The van der Waals surface area contributed by atoms with Crippen LogP contribution in [0.3, 0.4) is 0 Å². The van der Waals surface area contributed by atoms with Gasteiger partial charge in [0.1, 0.15) is 17.2 Å². The summed E-state index contributed by atoms with van der Waals surface area (Å²) in [4.78, 5) is 3.84. The quantitative estimate of drug-likeness (QED) is 0.607. The molecule has 2 aromatic heterocycles. The number of hydrogen-bond donors (Lipinski definition) is 0. The second kappa shape index (κ2) is 3.02. The average Bonchev–Trinajstić information content (AvgIpc) is 2.53. The highest BCUT2D eigenvalue weighted by Crippen LogP contribution is 2.12. The van der Waals surface area contributed by atoms with E-state index in [2.05, 4.69) is 14.8 Å². The van der Waals surface area contributed by atoms with Gasteiger partial charge in [-0.15, -0.1) is 0 Å². The smallest absolute Gasteiger partial charge is 0.275 e. The summed E-state index contributed by atoms with van der Waals surface area (Å²) >= 11 is 5.82. The maximum atomic E-state index is 10.7. The van der Waals surface area contributed by atoms with Crippen LogP contribution in [0, 0.1) is 0 Å². The van der Waals surface area contributed by atoms with Crippen LogP contribution in [0.25, 0.3) is 5.69 Å². The second-order valence-electron chi connectivity index (χ2n) is 2.29. The van der Waals surface area contributed by atoms with Crippen molar-refractivity contribution in [2.75, 3.05) is 0 Å². The fourth-order valence-electron chi connectivity index (χ4n) is 0.882. The van der Waals surface area contributed by atoms with Crippen molar-refractivity contribution in [3.8, 4) is 11.6 Å². The van der Waals surface area contributed by atoms with E-state index in [-0.39, 0.29) is 0 Å². The molecular formula is C7H4ClN3O2. The Morgan fingerprint density at radius 1 is 1.54 bits per heavy atom. The van der Waals surface area contributed by atoms with Gasteiger partial charge < -0.3 is 9.63 Å². The van der Waals surface area contributed by atoms with E-state index >= 15 is 0 Å². The van der Waals surface area contributed by atoms with Crippen LogP contribution in [0.4, 0.5) is 0 Å². The second-order valence-corrected chi connectivity index (χ2v) is 2.70. The van der Waals surface area contributed by atoms with Crippen molar-refractivity contribution in [3.05, 3.63) is 29.7 Å². The minimum Gasteiger partial charge on any atom is -0.539 e. The molecule has 2 heterocycles. The van der Waals surface area contributed by atoms with E-state index in [1.54, 1.807) is 12.3 Å². The summed E-state index contributed by atoms with van der Waals surface area (Å²) in [6.07, 6.45) is 4.22. The summed E-state index contributed by atoms with van der Waals surface area (Å²) in [6.45, 7) is 0. The van der Waals surface area contributed by atoms with Crippen molar-refractivity contribution in [1.82, 2.24) is 10.3 Å². The van der Waals surface area contributed by atoms with Crippen molar-refractivity contribution < 1.29 is 14.3 Å². The molecule has 6 heteroatoms. The Morgan fingerprint density at radius 3 is 3.00 bits per heavy atom. The summed E-state index contributed by atoms with van der Waals surface area (Å²) in [6, 6.07) is 1.60. The standard InChI is InChI=1S/C7H4ClN3O2/c8-5-1-2-9-3-6(5)11-4-7(12)13-10-11/h1-4H. The highest BCUT2D eigenvalue weighted by molar-refractivity contribution is 6.32. The van der Waals surface area contributed by atoms with Gasteiger partial charge in [-0.05, 0) is 10.7 Å². The normalized spacial score (nSPS) is 10.2. The van der Waals surface area contributed by atoms with Crippen LogP contribution < -0.4 is 9.79 Å². The van der Waals surface area contributed by atoms with E-state index in [1.807, 2.05) is 0 Å². The molecule has 2 rings (SSSR count). The number of rotatable bonds is 1. The molecule has 0 unspecified atom stereocenters. The van der Waals surface area contributed by atoms with Gasteiger partial charge in [0.2, 0.25) is 6.20 Å². The first kappa shape index (κ1) is 8.00. The highest BCUT2D eigenvalue weighted by Gasteiger charge is 2.13. The molecule has 0 aliphatic heterocycles. The molecule has 0 atom stereocenters. The van der Waals surface area contributed by atoms with Gasteiger partial charge in [0.05, 0.1) is 5.27 Å². The molecular weight excluding hydrogens is 194 g/mol. The minimum absolute atomic E-state index is 0.452. The van der Waals surface area contributed by atoms with Crippen molar-refractivity contribution >= 4 is 11.6 Å². The van der Waals surface area contributed by atoms with Gasteiger partial charge >= 0.3 is 0 Å². The molecule has 0 spiro atoms. The van der Waals surface area contributed by atoms with E-state index in [1.165, 1.54) is 17.1 Å². The highest BCUT2D eigenvalue weighted by atomic mass is 35.5. The summed E-state index contributed by atoms with van der Waals surface area (Å²) in [5.74, 6) is -0.528. The summed E-state index contributed by atoms with van der Waals surface area (Å²) in [5.41, 5.74) is 0.509. The third kappa shape index (κ3) is 1.46. The number of halogens is 1. The molecule has 2 aromatic rings. The maximum absolute atomic E-state index is 10.7. The molecule has 0 amide bonds. The van der Waals surface area contributed by atoms with E-state index in [4.69, 9.17) is 11.6 Å². The molecule has 0 saturated carbocycles. The molecule has 66 valence electrons. The van der Waals surface area contributed by atoms with Gasteiger partial charge in [0, 0.05) is 6.20 Å². The summed E-state index contributed by atoms with van der Waals surface area (Å²) < 4.78 is 5.58. The van der Waals surface area contributed by atoms with Crippen molar-refractivity contribution in [1.29, 1.82) is 0 Å². The minimum atomic E-state index is -0.528. The summed E-state index contributed by atoms with van der Waals surface area (Å²) in [7, 11) is 0. The zero-order chi connectivity index (χ0) is 9.26. The van der Waals surface area contributed by atoms with Gasteiger partial charge in [0.15, 0.2) is 0 Å². The average molecular weight is 198 g/mol. The lowest BCUT2D eigenvalue weighted by molar-refractivity contribution is -0.670. The first-order valence-electron chi connectivity index (χ1n) is 3.43. The van der Waals surface area contributed by atoms with Gasteiger partial charge in [-0.2, -0.15) is 0 Å². The maximum Gasteiger partial charge on any atom is 0.275 e. The van der Waals surface area contributed by atoms with Crippen LogP contribution in [0.5, 0.6) is 5.95 Å². The molecule has 5 nitrogen and oxygen atoms in total. The van der Waals surface area contributed by atoms with E-state index in [0.717, 1.165) is 0 Å².